The van der Waals surface area contributed by atoms with Gasteiger partial charge in [0.2, 0.25) is 5.91 Å². The Kier molecular flexibility index (Phi) is 5.01. The molecule has 0 saturated heterocycles. The number of hydrogen-bond acceptors (Lipinski definition) is 3. The van der Waals surface area contributed by atoms with Crippen LogP contribution in [0.15, 0.2) is 36.4 Å². The molecule has 3 rings (SSSR count). The highest BCUT2D eigenvalue weighted by atomic mass is 35.5. The van der Waals surface area contributed by atoms with Gasteiger partial charge in [0.1, 0.15) is 11.2 Å². The molecule has 2 N–H and O–H groups in total. The highest BCUT2D eigenvalue weighted by Gasteiger charge is 2.31. The lowest BCUT2D eigenvalue weighted by molar-refractivity contribution is -0.125. The summed E-state index contributed by atoms with van der Waals surface area (Å²) in [6, 6.07) is 11.2. The van der Waals surface area contributed by atoms with E-state index >= 15 is 0 Å². The molecule has 1 aromatic heterocycles. The molecule has 0 atom stereocenters. The fourth-order valence-electron chi connectivity index (χ4n) is 2.90. The molecule has 1 aliphatic rings. The number of carbonyl (C=O) groups excluding carboxylic acids is 2. The van der Waals surface area contributed by atoms with E-state index in [1.807, 2.05) is 30.3 Å². The average molecular weight is 372 g/mol. The highest BCUT2D eigenvalue weighted by molar-refractivity contribution is 6.30. The van der Waals surface area contributed by atoms with Crippen LogP contribution in [0.3, 0.4) is 0 Å². The van der Waals surface area contributed by atoms with Gasteiger partial charge in [0.15, 0.2) is 0 Å². The number of nitrogens with one attached hydrogen (secondary N) is 2. The van der Waals surface area contributed by atoms with Gasteiger partial charge in [0.05, 0.1) is 5.69 Å². The predicted molar refractivity (Wildman–Crippen MR) is 102 cm³/mol. The molecule has 0 aliphatic heterocycles. The van der Waals surface area contributed by atoms with E-state index in [2.05, 4.69) is 15.6 Å². The van der Waals surface area contributed by atoms with Gasteiger partial charge in [0.25, 0.3) is 5.91 Å². The van der Waals surface area contributed by atoms with Crippen molar-refractivity contribution in [1.29, 1.82) is 0 Å². The quantitative estimate of drug-likeness (QED) is 0.844. The molecule has 6 heteroatoms. The third kappa shape index (κ3) is 3.88. The van der Waals surface area contributed by atoms with E-state index in [-0.39, 0.29) is 17.5 Å². The normalized spacial score (nSPS) is 14.0. The van der Waals surface area contributed by atoms with Crippen molar-refractivity contribution in [2.24, 2.45) is 0 Å². The summed E-state index contributed by atoms with van der Waals surface area (Å²) in [6.45, 7) is 3.31. The van der Waals surface area contributed by atoms with Crippen LogP contribution in [0.1, 0.15) is 48.7 Å². The van der Waals surface area contributed by atoms with E-state index in [4.69, 9.17) is 11.6 Å². The maximum atomic E-state index is 12.6. The first-order valence-electron chi connectivity index (χ1n) is 8.63. The third-order valence-corrected chi connectivity index (χ3v) is 4.73. The minimum atomic E-state index is -1.03. The summed E-state index contributed by atoms with van der Waals surface area (Å²) in [5, 5.41) is 5.91. The lowest BCUT2D eigenvalue weighted by Crippen LogP contribution is -2.54. The SMILES string of the molecule is CNC(=O)C(C)(C)NC(=O)c1ccc(C2CC2)c(-c2cccc(Cl)c2)n1. The largest absolute Gasteiger partial charge is 0.357 e. The van der Waals surface area contributed by atoms with Crippen LogP contribution in [0.2, 0.25) is 5.02 Å². The van der Waals surface area contributed by atoms with Gasteiger partial charge in [-0.25, -0.2) is 4.98 Å². The second-order valence-corrected chi connectivity index (χ2v) is 7.51. The molecule has 26 heavy (non-hydrogen) atoms. The van der Waals surface area contributed by atoms with Gasteiger partial charge in [-0.1, -0.05) is 29.8 Å². The van der Waals surface area contributed by atoms with E-state index in [9.17, 15) is 9.59 Å². The summed E-state index contributed by atoms with van der Waals surface area (Å²) in [6.07, 6.45) is 2.26. The fraction of sp³-hybridized carbons (Fsp3) is 0.350. The van der Waals surface area contributed by atoms with Crippen LogP contribution in [-0.4, -0.2) is 29.4 Å². The number of amides is 2. The molecule has 0 spiro atoms. The fourth-order valence-corrected chi connectivity index (χ4v) is 3.09. The molecular weight excluding hydrogens is 350 g/mol. The van der Waals surface area contributed by atoms with Crippen molar-refractivity contribution < 1.29 is 9.59 Å². The Balaban J connectivity index is 1.95. The molecule has 0 radical (unpaired) electrons. The molecule has 0 bridgehead atoms. The van der Waals surface area contributed by atoms with E-state index in [0.29, 0.717) is 10.9 Å². The molecular formula is C20H22ClN3O2. The number of halogens is 1. The number of likely N-dealkylation sites (N-methyl/N-ethyl adjacent to an activating group) is 1. The van der Waals surface area contributed by atoms with Gasteiger partial charge in [-0.15, -0.1) is 0 Å². The van der Waals surface area contributed by atoms with Gasteiger partial charge >= 0.3 is 0 Å². The van der Waals surface area contributed by atoms with Crippen LogP contribution < -0.4 is 10.6 Å². The van der Waals surface area contributed by atoms with Crippen molar-refractivity contribution in [3.8, 4) is 11.3 Å². The van der Waals surface area contributed by atoms with Crippen LogP contribution in [0, 0.1) is 0 Å². The number of pyridine rings is 1. The summed E-state index contributed by atoms with van der Waals surface area (Å²) < 4.78 is 0. The Morgan fingerprint density at radius 2 is 1.92 bits per heavy atom. The van der Waals surface area contributed by atoms with Crippen molar-refractivity contribution in [3.63, 3.8) is 0 Å². The Bertz CT molecular complexity index is 860. The van der Waals surface area contributed by atoms with Crippen molar-refractivity contribution in [3.05, 3.63) is 52.7 Å². The summed E-state index contributed by atoms with van der Waals surface area (Å²) in [5.41, 5.74) is 2.05. The molecule has 136 valence electrons. The minimum absolute atomic E-state index is 0.268. The van der Waals surface area contributed by atoms with Gasteiger partial charge in [0, 0.05) is 17.6 Å². The monoisotopic (exact) mass is 371 g/mol. The maximum absolute atomic E-state index is 12.6. The number of aromatic nitrogens is 1. The molecule has 5 nitrogen and oxygen atoms in total. The highest BCUT2D eigenvalue weighted by Crippen LogP contribution is 2.44. The lowest BCUT2D eigenvalue weighted by Gasteiger charge is -2.24. The van der Waals surface area contributed by atoms with E-state index in [0.717, 1.165) is 29.7 Å². The molecule has 1 heterocycles. The minimum Gasteiger partial charge on any atom is -0.357 e. The topological polar surface area (TPSA) is 71.1 Å². The van der Waals surface area contributed by atoms with Gasteiger partial charge in [-0.2, -0.15) is 0 Å². The predicted octanol–water partition coefficient (Wildman–Crippen LogP) is 3.53. The zero-order valence-electron chi connectivity index (χ0n) is 15.1. The van der Waals surface area contributed by atoms with Crippen LogP contribution in [0.4, 0.5) is 0 Å². The van der Waals surface area contributed by atoms with E-state index in [1.54, 1.807) is 19.9 Å². The first kappa shape index (κ1) is 18.4. The van der Waals surface area contributed by atoms with Crippen molar-refractivity contribution >= 4 is 23.4 Å². The second-order valence-electron chi connectivity index (χ2n) is 7.08. The Labute approximate surface area is 158 Å². The first-order chi connectivity index (χ1) is 12.3. The second kappa shape index (κ2) is 7.08. The molecule has 2 amide bonds. The average Bonchev–Trinajstić information content (AvgIpc) is 3.45. The van der Waals surface area contributed by atoms with Crippen molar-refractivity contribution in [1.82, 2.24) is 15.6 Å². The van der Waals surface area contributed by atoms with Crippen LogP contribution >= 0.6 is 11.6 Å². The number of carbonyl (C=O) groups is 2. The summed E-state index contributed by atoms with van der Waals surface area (Å²) in [7, 11) is 1.54. The van der Waals surface area contributed by atoms with Gasteiger partial charge in [-0.3, -0.25) is 9.59 Å². The Morgan fingerprint density at radius 1 is 1.19 bits per heavy atom. The van der Waals surface area contributed by atoms with Crippen molar-refractivity contribution in [2.75, 3.05) is 7.05 Å². The molecule has 0 unspecified atom stereocenters. The Hall–Kier alpha value is -2.40. The summed E-state index contributed by atoms with van der Waals surface area (Å²) >= 11 is 6.13. The lowest BCUT2D eigenvalue weighted by atomic mass is 10.0. The number of nitrogens with zero attached hydrogens (tertiary/aromatic N) is 1. The molecule has 2 aromatic rings. The van der Waals surface area contributed by atoms with Gasteiger partial charge in [-0.05, 0) is 56.4 Å². The molecule has 1 aliphatic carbocycles. The number of benzene rings is 1. The maximum Gasteiger partial charge on any atom is 0.270 e. The summed E-state index contributed by atoms with van der Waals surface area (Å²) in [4.78, 5) is 29.2. The molecule has 1 fully saturated rings. The molecule has 1 saturated carbocycles. The summed E-state index contributed by atoms with van der Waals surface area (Å²) in [5.74, 6) is -0.171. The first-order valence-corrected chi connectivity index (χ1v) is 9.01. The molecule has 1 aromatic carbocycles. The Morgan fingerprint density at radius 3 is 2.54 bits per heavy atom. The number of hydrogen-bond donors (Lipinski definition) is 2. The van der Waals surface area contributed by atoms with Gasteiger partial charge < -0.3 is 10.6 Å². The van der Waals surface area contributed by atoms with Crippen LogP contribution in [-0.2, 0) is 4.79 Å². The zero-order chi connectivity index (χ0) is 18.9. The number of rotatable bonds is 5. The van der Waals surface area contributed by atoms with E-state index in [1.165, 1.54) is 7.05 Å². The van der Waals surface area contributed by atoms with Crippen LogP contribution in [0.5, 0.6) is 0 Å². The van der Waals surface area contributed by atoms with Crippen molar-refractivity contribution in [2.45, 2.75) is 38.1 Å². The smallest absolute Gasteiger partial charge is 0.270 e. The third-order valence-electron chi connectivity index (χ3n) is 4.50. The standard InChI is InChI=1S/C20H22ClN3O2/c1-20(2,19(26)22-3)24-18(25)16-10-9-15(12-7-8-12)17(23-16)13-5-4-6-14(21)11-13/h4-6,9-12H,7-8H2,1-3H3,(H,22,26)(H,24,25). The van der Waals surface area contributed by atoms with E-state index < -0.39 is 5.54 Å². The van der Waals surface area contributed by atoms with Crippen LogP contribution in [0.25, 0.3) is 11.3 Å². The zero-order valence-corrected chi connectivity index (χ0v) is 15.9.